The molecule has 6 aromatic carbocycles. The minimum atomic E-state index is -0.898. The molecule has 29 nitrogen and oxygen atoms in total. The smallest absolute Gasteiger partial charge is 0.262 e. The lowest BCUT2D eigenvalue weighted by Gasteiger charge is -2.37. The number of allylic oxidation sites excluding steroid dienone is 1. The van der Waals surface area contributed by atoms with Crippen LogP contribution in [-0.2, 0) is 75.9 Å². The van der Waals surface area contributed by atoms with Gasteiger partial charge in [0.05, 0.1) is 28.8 Å². The number of piperidine rings is 5. The van der Waals surface area contributed by atoms with Crippen LogP contribution in [0.3, 0.4) is 0 Å². The fourth-order valence-electron chi connectivity index (χ4n) is 15.6. The third kappa shape index (κ3) is 29.5. The van der Waals surface area contributed by atoms with Gasteiger partial charge in [0.25, 0.3) is 41.4 Å². The number of carbonyl (C=O) groups excluding carboxylic acids is 16. The number of ether oxygens (including phenoxy) is 1. The van der Waals surface area contributed by atoms with Crippen molar-refractivity contribution >= 4 is 94.5 Å². The number of hydrogen-bond acceptors (Lipinski definition) is 19. The first-order valence-corrected chi connectivity index (χ1v) is 45.3. The van der Waals surface area contributed by atoms with E-state index in [4.69, 9.17) is 4.74 Å². The monoisotopic (exact) mass is 1810 g/mol. The van der Waals surface area contributed by atoms with E-state index in [9.17, 15) is 76.7 Å². The Morgan fingerprint density at radius 1 is 0.311 bits per heavy atom. The Morgan fingerprint density at radius 2 is 0.598 bits per heavy atom. The van der Waals surface area contributed by atoms with Crippen molar-refractivity contribution in [2.75, 3.05) is 32.7 Å². The van der Waals surface area contributed by atoms with Crippen molar-refractivity contribution in [3.8, 4) is 5.75 Å². The summed E-state index contributed by atoms with van der Waals surface area (Å²) in [6, 6.07) is 38.5. The highest BCUT2D eigenvalue weighted by Gasteiger charge is 2.48. The van der Waals surface area contributed by atoms with Crippen molar-refractivity contribution < 1.29 is 81.4 Å². The third-order valence-electron chi connectivity index (χ3n) is 21.2. The maximum Gasteiger partial charge on any atom is 0.262 e. The summed E-state index contributed by atoms with van der Waals surface area (Å²) in [5.41, 5.74) is 11.3. The molecule has 0 bridgehead atoms. The maximum absolute atomic E-state index is 13.1. The van der Waals surface area contributed by atoms with Crippen molar-refractivity contribution in [1.29, 1.82) is 0 Å². The molecule has 0 aromatic heterocycles. The van der Waals surface area contributed by atoms with Gasteiger partial charge < -0.3 is 29.7 Å². The van der Waals surface area contributed by atoms with Crippen LogP contribution in [0.4, 0.5) is 0 Å². The Morgan fingerprint density at radius 3 is 0.932 bits per heavy atom. The molecule has 6 aromatic rings. The van der Waals surface area contributed by atoms with Gasteiger partial charge in [-0.05, 0) is 136 Å². The largest absolute Gasteiger partial charge is 0.489 e. The fourth-order valence-corrected chi connectivity index (χ4v) is 15.6. The van der Waals surface area contributed by atoms with Gasteiger partial charge in [0, 0.05) is 106 Å². The molecule has 11 aliphatic rings. The zero-order valence-electron chi connectivity index (χ0n) is 80.1. The maximum atomic E-state index is 13.1. The summed E-state index contributed by atoms with van der Waals surface area (Å²) >= 11 is 0. The third-order valence-corrected chi connectivity index (χ3v) is 21.2. The zero-order valence-corrected chi connectivity index (χ0v) is 80.1. The van der Waals surface area contributed by atoms with Gasteiger partial charge in [0.1, 0.15) is 42.6 Å². The van der Waals surface area contributed by atoms with E-state index >= 15 is 0 Å². The highest BCUT2D eigenvalue weighted by Crippen LogP contribution is 2.37. The predicted octanol–water partition coefficient (Wildman–Crippen LogP) is 13.5. The van der Waals surface area contributed by atoms with Crippen molar-refractivity contribution in [2.24, 2.45) is 27.1 Å². The lowest BCUT2D eigenvalue weighted by Crippen LogP contribution is -2.54. The topological polar surface area (TPSA) is 365 Å². The molecule has 4 unspecified atom stereocenters. The second kappa shape index (κ2) is 44.2. The predicted molar refractivity (Wildman–Crippen MR) is 500 cm³/mol. The Labute approximate surface area is 775 Å². The zero-order chi connectivity index (χ0) is 97.4. The van der Waals surface area contributed by atoms with Gasteiger partial charge in [-0.1, -0.05) is 229 Å². The molecule has 6 fully saturated rings. The highest BCUT2D eigenvalue weighted by molar-refractivity contribution is 6.24. The van der Waals surface area contributed by atoms with Gasteiger partial charge >= 0.3 is 0 Å². The van der Waals surface area contributed by atoms with Crippen LogP contribution in [0.15, 0.2) is 152 Å². The number of rotatable bonds is 11. The molecule has 0 saturated carbocycles. The second-order valence-electron chi connectivity index (χ2n) is 42.2. The number of nitrogens with zero attached hydrogens (tertiary/aromatic N) is 7. The van der Waals surface area contributed by atoms with E-state index in [0.29, 0.717) is 129 Å². The summed E-state index contributed by atoms with van der Waals surface area (Å²) in [4.78, 5) is 202. The summed E-state index contributed by atoms with van der Waals surface area (Å²) in [6.45, 7) is 54.1. The molecule has 5 atom stereocenters. The van der Waals surface area contributed by atoms with Crippen molar-refractivity contribution in [1.82, 2.24) is 60.9 Å². The molecule has 706 valence electrons. The minimum absolute atomic E-state index is 0.110. The Kier molecular flexibility index (Phi) is 34.5. The van der Waals surface area contributed by atoms with Crippen molar-refractivity contribution in [3.05, 3.63) is 219 Å². The lowest BCUT2D eigenvalue weighted by atomic mass is 9.96. The van der Waals surface area contributed by atoms with Crippen molar-refractivity contribution in [2.45, 2.75) is 259 Å². The first kappa shape index (κ1) is 103. The van der Waals surface area contributed by atoms with Crippen LogP contribution < -0.4 is 31.3 Å². The molecule has 11 aliphatic heterocycles. The lowest BCUT2D eigenvalue weighted by molar-refractivity contribution is -0.138. The average Bonchev–Trinajstić information content (AvgIpc) is 1.62. The Balaban J connectivity index is 0.000000181. The Bertz CT molecular complexity index is 5010. The van der Waals surface area contributed by atoms with E-state index in [1.165, 1.54) is 5.56 Å². The number of nitrogens with one attached hydrogen (secondary N) is 5. The van der Waals surface area contributed by atoms with Crippen molar-refractivity contribution in [3.63, 3.8) is 0 Å². The van der Waals surface area contributed by atoms with Crippen LogP contribution in [0.5, 0.6) is 5.75 Å². The molecule has 17 rings (SSSR count). The van der Waals surface area contributed by atoms with E-state index < -0.39 is 65.7 Å². The standard InChI is InChI=1S/C31H40N4O3.2C13H10N2O4.2C13H12N2O3.4C5H12/c1-22-8-13-27(29(36)32-22)35-19-26-25(30(35)37)6-5-7-28(26)38-20-24-11-9-23(10-12-24)18-33-14-16-34(17-15-33)21-31(2,3)4;2*16-10-6-5-9(11(17)14-10)15-12(18)7-3-1-2-4-8(7)13(15)19;2*16-11-6-5-10(12(17)14-11)15-7-8-3-1-2-4-9(8)13(15)18;4*1-5(2,3)4/h5-7,9-12,27H,1,8,13-21H2,2-4H3,(H,32,36);2*1-4,9H,5-6H2,(H,14,16,17);2*1-4,10H,5-7H2,(H,14,16,17);4*1-4H3/t27-;;;;;;;;/m1......../s1. The van der Waals surface area contributed by atoms with E-state index in [2.05, 4.69) is 199 Å². The number of imide groups is 6. The summed E-state index contributed by atoms with van der Waals surface area (Å²) in [5, 5.41) is 11.7. The van der Waals surface area contributed by atoms with Gasteiger partial charge in [-0.15, -0.1) is 0 Å². The quantitative estimate of drug-likeness (QED) is 0.0752. The van der Waals surface area contributed by atoms with E-state index in [1.54, 1.807) is 75.4 Å². The van der Waals surface area contributed by atoms with E-state index in [0.717, 1.165) is 71.3 Å². The number of fused-ring (bicyclic) bond motifs is 5. The molecule has 0 aliphatic carbocycles. The molecule has 6 saturated heterocycles. The van der Waals surface area contributed by atoms with Crippen LogP contribution in [0.2, 0.25) is 0 Å². The molecular formula is C103H132N12O17. The van der Waals surface area contributed by atoms with Gasteiger partial charge in [-0.3, -0.25) is 113 Å². The normalized spacial score (nSPS) is 20.6. The highest BCUT2D eigenvalue weighted by atomic mass is 16.5. The number of benzene rings is 6. The Hall–Kier alpha value is -12.5. The summed E-state index contributed by atoms with van der Waals surface area (Å²) < 4.78 is 6.19. The van der Waals surface area contributed by atoms with E-state index in [1.807, 2.05) is 54.6 Å². The molecule has 16 amide bonds. The second-order valence-corrected chi connectivity index (χ2v) is 42.2. The first-order valence-electron chi connectivity index (χ1n) is 45.3. The molecular weight excluding hydrogens is 1680 g/mol. The molecule has 5 N–H and O–H groups in total. The number of carbonyl (C=O) groups is 16. The number of hydrogen-bond donors (Lipinski definition) is 5. The minimum Gasteiger partial charge on any atom is -0.489 e. The SMILES string of the molecule is C=C1CC[C@@H](N2Cc3c(OCc4ccc(CN5CCN(CC(C)(C)C)CC5)cc4)cccc3C2=O)C(=O)N1.CC(C)(C)C.CC(C)(C)C.CC(C)(C)C.CC(C)(C)C.O=C1CCC(N2C(=O)c3ccccc3C2=O)C(=O)N1.O=C1CCC(N2C(=O)c3ccccc3C2=O)C(=O)N1.O=C1CCC(N2Cc3ccccc3C2=O)C(=O)N1.O=C1CCC(N2Cc3ccccc3C2=O)C(=O)N1. The fraction of sp³-hybridized carbons (Fsp3) is 0.476. The molecule has 0 spiro atoms. The molecule has 132 heavy (non-hydrogen) atoms. The van der Waals surface area contributed by atoms with Crippen LogP contribution in [0, 0.1) is 27.1 Å². The molecule has 0 radical (unpaired) electrons. The van der Waals surface area contributed by atoms with Gasteiger partial charge in [-0.25, -0.2) is 0 Å². The average molecular weight is 1810 g/mol. The van der Waals surface area contributed by atoms with Crippen LogP contribution in [0.1, 0.15) is 296 Å². The van der Waals surface area contributed by atoms with Crippen LogP contribution in [-0.4, -0.2) is 192 Å². The van der Waals surface area contributed by atoms with Gasteiger partial charge in [0.2, 0.25) is 53.2 Å². The summed E-state index contributed by atoms with van der Waals surface area (Å²) in [7, 11) is 0. The van der Waals surface area contributed by atoms with Gasteiger partial charge in [0.15, 0.2) is 0 Å². The van der Waals surface area contributed by atoms with Crippen LogP contribution >= 0.6 is 0 Å². The summed E-state index contributed by atoms with van der Waals surface area (Å²) in [5.74, 6) is -4.92. The molecule has 29 heteroatoms. The van der Waals surface area contributed by atoms with E-state index in [-0.39, 0.29) is 97.6 Å². The molecule has 11 heterocycles. The summed E-state index contributed by atoms with van der Waals surface area (Å²) in [6.07, 6.45) is 3.28. The van der Waals surface area contributed by atoms with Crippen LogP contribution in [0.25, 0.3) is 0 Å². The number of piperazine rings is 1. The number of amides is 16. The first-order chi connectivity index (χ1) is 61.7. The van der Waals surface area contributed by atoms with Gasteiger partial charge in [-0.2, -0.15) is 0 Å².